The molecule has 21 heavy (non-hydrogen) atoms. The first-order valence-electron chi connectivity index (χ1n) is 7.61. The van der Waals surface area contributed by atoms with E-state index in [1.807, 2.05) is 0 Å². The number of rotatable bonds is 7. The van der Waals surface area contributed by atoms with Crippen molar-refractivity contribution >= 4 is 5.91 Å². The Morgan fingerprint density at radius 3 is 2.95 bits per heavy atom. The van der Waals surface area contributed by atoms with Crippen LogP contribution in [0.25, 0.3) is 0 Å². The van der Waals surface area contributed by atoms with Crippen LogP contribution in [0.5, 0.6) is 0 Å². The van der Waals surface area contributed by atoms with Gasteiger partial charge in [0.2, 0.25) is 5.91 Å². The van der Waals surface area contributed by atoms with Crippen LogP contribution < -0.4 is 10.6 Å². The SMILES string of the molecule is O=C(Cc1cccc(F)c1)NCCNC[C@@H]1CC=CCC1. The number of carbonyl (C=O) groups is 1. The molecule has 3 nitrogen and oxygen atoms in total. The minimum Gasteiger partial charge on any atom is -0.355 e. The summed E-state index contributed by atoms with van der Waals surface area (Å²) in [5, 5.41) is 6.23. The summed E-state index contributed by atoms with van der Waals surface area (Å²) in [6.45, 7) is 2.38. The summed E-state index contributed by atoms with van der Waals surface area (Å²) in [4.78, 5) is 11.7. The fraction of sp³-hybridized carbons (Fsp3) is 0.471. The zero-order valence-corrected chi connectivity index (χ0v) is 12.3. The van der Waals surface area contributed by atoms with Gasteiger partial charge < -0.3 is 10.6 Å². The third-order valence-corrected chi connectivity index (χ3v) is 3.69. The van der Waals surface area contributed by atoms with Gasteiger partial charge in [-0.3, -0.25) is 4.79 Å². The second-order valence-electron chi connectivity index (χ2n) is 5.51. The molecule has 1 aliphatic carbocycles. The molecule has 1 amide bonds. The maximum Gasteiger partial charge on any atom is 0.224 e. The van der Waals surface area contributed by atoms with Gasteiger partial charge in [-0.1, -0.05) is 24.3 Å². The van der Waals surface area contributed by atoms with Crippen LogP contribution in [0.1, 0.15) is 24.8 Å². The predicted octanol–water partition coefficient (Wildman–Crippen LogP) is 2.43. The maximum absolute atomic E-state index is 13.0. The summed E-state index contributed by atoms with van der Waals surface area (Å²) in [7, 11) is 0. The van der Waals surface area contributed by atoms with Crippen molar-refractivity contribution in [2.24, 2.45) is 5.92 Å². The molecule has 0 spiro atoms. The number of hydrogen-bond acceptors (Lipinski definition) is 2. The maximum atomic E-state index is 13.0. The highest BCUT2D eigenvalue weighted by Gasteiger charge is 2.09. The lowest BCUT2D eigenvalue weighted by atomic mass is 9.94. The van der Waals surface area contributed by atoms with Gasteiger partial charge >= 0.3 is 0 Å². The van der Waals surface area contributed by atoms with Gasteiger partial charge in [-0.05, 0) is 49.4 Å². The highest BCUT2D eigenvalue weighted by Crippen LogP contribution is 2.16. The van der Waals surface area contributed by atoms with Gasteiger partial charge in [0.15, 0.2) is 0 Å². The van der Waals surface area contributed by atoms with Crippen LogP contribution in [-0.2, 0) is 11.2 Å². The van der Waals surface area contributed by atoms with Gasteiger partial charge in [0, 0.05) is 13.1 Å². The molecule has 0 saturated heterocycles. The Kier molecular flexibility index (Phi) is 6.41. The summed E-state index contributed by atoms with van der Waals surface area (Å²) < 4.78 is 13.0. The van der Waals surface area contributed by atoms with Crippen molar-refractivity contribution < 1.29 is 9.18 Å². The van der Waals surface area contributed by atoms with E-state index in [9.17, 15) is 9.18 Å². The average Bonchev–Trinajstić information content (AvgIpc) is 2.48. The zero-order valence-electron chi connectivity index (χ0n) is 12.3. The smallest absolute Gasteiger partial charge is 0.224 e. The van der Waals surface area contributed by atoms with Gasteiger partial charge in [0.1, 0.15) is 5.82 Å². The molecule has 0 fully saturated rings. The Morgan fingerprint density at radius 2 is 2.19 bits per heavy atom. The summed E-state index contributed by atoms with van der Waals surface area (Å²) in [5.74, 6) is 0.351. The van der Waals surface area contributed by atoms with E-state index in [4.69, 9.17) is 0 Å². The number of benzene rings is 1. The van der Waals surface area contributed by atoms with Crippen LogP contribution in [0.3, 0.4) is 0 Å². The highest BCUT2D eigenvalue weighted by molar-refractivity contribution is 5.78. The molecule has 0 heterocycles. The van der Waals surface area contributed by atoms with E-state index in [2.05, 4.69) is 22.8 Å². The van der Waals surface area contributed by atoms with Gasteiger partial charge in [-0.2, -0.15) is 0 Å². The highest BCUT2D eigenvalue weighted by atomic mass is 19.1. The van der Waals surface area contributed by atoms with Crippen molar-refractivity contribution in [2.75, 3.05) is 19.6 Å². The Bertz CT molecular complexity index is 487. The summed E-state index contributed by atoms with van der Waals surface area (Å²) in [6.07, 6.45) is 8.29. The first kappa shape index (κ1) is 15.7. The minimum absolute atomic E-state index is 0.0667. The second kappa shape index (κ2) is 8.57. The largest absolute Gasteiger partial charge is 0.355 e. The zero-order chi connectivity index (χ0) is 14.9. The number of amides is 1. The van der Waals surface area contributed by atoms with Crippen LogP contribution >= 0.6 is 0 Å². The molecule has 1 aliphatic rings. The summed E-state index contributed by atoms with van der Waals surface area (Å²) in [5.41, 5.74) is 0.703. The number of hydrogen-bond donors (Lipinski definition) is 2. The van der Waals surface area contributed by atoms with E-state index in [-0.39, 0.29) is 18.1 Å². The average molecular weight is 290 g/mol. The van der Waals surface area contributed by atoms with E-state index in [0.29, 0.717) is 12.1 Å². The number of halogens is 1. The second-order valence-corrected chi connectivity index (χ2v) is 5.51. The molecule has 2 N–H and O–H groups in total. The van der Waals surface area contributed by atoms with Crippen LogP contribution in [0.2, 0.25) is 0 Å². The fourth-order valence-corrected chi connectivity index (χ4v) is 2.53. The molecule has 0 saturated carbocycles. The summed E-state index contributed by atoms with van der Waals surface area (Å²) in [6, 6.07) is 6.16. The van der Waals surface area contributed by atoms with Crippen LogP contribution in [0.15, 0.2) is 36.4 Å². The van der Waals surface area contributed by atoms with Gasteiger partial charge in [0.25, 0.3) is 0 Å². The molecule has 114 valence electrons. The molecule has 1 aromatic carbocycles. The van der Waals surface area contributed by atoms with E-state index in [1.165, 1.54) is 25.0 Å². The van der Waals surface area contributed by atoms with Crippen molar-refractivity contribution in [2.45, 2.75) is 25.7 Å². The molecule has 0 unspecified atom stereocenters. The molecule has 1 atom stereocenters. The molecule has 0 aromatic heterocycles. The van der Waals surface area contributed by atoms with Crippen LogP contribution in [-0.4, -0.2) is 25.5 Å². The minimum atomic E-state index is -0.302. The van der Waals surface area contributed by atoms with Gasteiger partial charge in [-0.15, -0.1) is 0 Å². The molecular weight excluding hydrogens is 267 g/mol. The predicted molar refractivity (Wildman–Crippen MR) is 82.5 cm³/mol. The topological polar surface area (TPSA) is 41.1 Å². The molecular formula is C17H23FN2O. The third-order valence-electron chi connectivity index (χ3n) is 3.69. The third kappa shape index (κ3) is 6.08. The van der Waals surface area contributed by atoms with Crippen molar-refractivity contribution in [1.29, 1.82) is 0 Å². The molecule has 1 aromatic rings. The Morgan fingerprint density at radius 1 is 1.29 bits per heavy atom. The molecule has 4 heteroatoms. The normalized spacial score (nSPS) is 17.7. The van der Waals surface area contributed by atoms with E-state index in [0.717, 1.165) is 25.4 Å². The van der Waals surface area contributed by atoms with Crippen molar-refractivity contribution in [3.8, 4) is 0 Å². The van der Waals surface area contributed by atoms with E-state index in [1.54, 1.807) is 12.1 Å². The van der Waals surface area contributed by atoms with E-state index < -0.39 is 0 Å². The monoisotopic (exact) mass is 290 g/mol. The lowest BCUT2D eigenvalue weighted by Gasteiger charge is -2.18. The first-order valence-corrected chi connectivity index (χ1v) is 7.61. The van der Waals surface area contributed by atoms with E-state index >= 15 is 0 Å². The molecule has 0 bridgehead atoms. The van der Waals surface area contributed by atoms with Crippen molar-refractivity contribution in [3.05, 3.63) is 47.8 Å². The standard InChI is InChI=1S/C17H23FN2O/c18-16-8-4-7-15(11-16)12-17(21)20-10-9-19-13-14-5-2-1-3-6-14/h1-2,4,7-8,11,14,19H,3,5-6,9-10,12-13H2,(H,20,21)/t14-/m1/s1. The first-order chi connectivity index (χ1) is 10.2. The van der Waals surface area contributed by atoms with Crippen molar-refractivity contribution in [1.82, 2.24) is 10.6 Å². The lowest BCUT2D eigenvalue weighted by molar-refractivity contribution is -0.120. The molecule has 0 aliphatic heterocycles. The number of carbonyl (C=O) groups excluding carboxylic acids is 1. The fourth-order valence-electron chi connectivity index (χ4n) is 2.53. The Hall–Kier alpha value is -1.68. The van der Waals surface area contributed by atoms with Gasteiger partial charge in [0.05, 0.1) is 6.42 Å². The summed E-state index contributed by atoms with van der Waals surface area (Å²) >= 11 is 0. The van der Waals surface area contributed by atoms with Crippen molar-refractivity contribution in [3.63, 3.8) is 0 Å². The number of allylic oxidation sites excluding steroid dienone is 2. The van der Waals surface area contributed by atoms with Gasteiger partial charge in [-0.25, -0.2) is 4.39 Å². The quantitative estimate of drug-likeness (QED) is 0.598. The Labute approximate surface area is 125 Å². The molecule has 0 radical (unpaired) electrons. The number of nitrogens with one attached hydrogen (secondary N) is 2. The molecule has 2 rings (SSSR count). The van der Waals surface area contributed by atoms with Crippen LogP contribution in [0, 0.1) is 11.7 Å². The van der Waals surface area contributed by atoms with Crippen LogP contribution in [0.4, 0.5) is 4.39 Å². The Balaban J connectivity index is 1.56. The lowest BCUT2D eigenvalue weighted by Crippen LogP contribution is -2.34.